The first-order valence-corrected chi connectivity index (χ1v) is 10.1. The van der Waals surface area contributed by atoms with Crippen molar-refractivity contribution >= 4 is 41.4 Å². The van der Waals surface area contributed by atoms with E-state index < -0.39 is 5.97 Å². The zero-order valence-corrected chi connectivity index (χ0v) is 15.8. The summed E-state index contributed by atoms with van der Waals surface area (Å²) in [7, 11) is 0. The number of carboxylic acids is 1. The summed E-state index contributed by atoms with van der Waals surface area (Å²) in [4.78, 5) is 21.6. The molecule has 0 radical (unpaired) electrons. The van der Waals surface area contributed by atoms with Crippen molar-refractivity contribution in [2.24, 2.45) is 0 Å². The van der Waals surface area contributed by atoms with E-state index in [1.165, 1.54) is 83.5 Å². The fourth-order valence-corrected chi connectivity index (χ4v) is 2.92. The van der Waals surface area contributed by atoms with Crippen LogP contribution in [0, 0.1) is 0 Å². The molecule has 0 spiro atoms. The topological polar surface area (TPSA) is 66.4 Å². The van der Waals surface area contributed by atoms with Crippen molar-refractivity contribution in [2.75, 3.05) is 6.54 Å². The van der Waals surface area contributed by atoms with Crippen LogP contribution in [0.3, 0.4) is 0 Å². The molecule has 5 heteroatoms. The van der Waals surface area contributed by atoms with E-state index in [0.29, 0.717) is 6.42 Å². The molecule has 0 aliphatic carbocycles. The first-order chi connectivity index (χ1) is 11.7. The molecule has 144 valence electrons. The molecule has 0 aliphatic rings. The number of aliphatic carboxylic acids is 1. The SMILES string of the molecule is CCCCCCCCCCCCCCCCCC(=O)NCC(=O)O.[NaH]. The van der Waals surface area contributed by atoms with E-state index in [4.69, 9.17) is 5.11 Å². The average molecular weight is 366 g/mol. The minimum absolute atomic E-state index is 0. The van der Waals surface area contributed by atoms with Gasteiger partial charge in [-0.1, -0.05) is 96.8 Å². The van der Waals surface area contributed by atoms with Crippen LogP contribution in [0.25, 0.3) is 0 Å². The summed E-state index contributed by atoms with van der Waals surface area (Å²) in [5, 5.41) is 10.8. The molecule has 25 heavy (non-hydrogen) atoms. The van der Waals surface area contributed by atoms with Gasteiger partial charge in [0.25, 0.3) is 0 Å². The normalized spacial score (nSPS) is 10.3. The third-order valence-corrected chi connectivity index (χ3v) is 4.44. The number of amides is 1. The Labute approximate surface area is 177 Å². The van der Waals surface area contributed by atoms with Gasteiger partial charge in [0.15, 0.2) is 0 Å². The Kier molecular flexibility index (Phi) is 23.9. The molecule has 0 saturated heterocycles. The number of rotatable bonds is 18. The summed E-state index contributed by atoms with van der Waals surface area (Å²) >= 11 is 0. The van der Waals surface area contributed by atoms with Crippen molar-refractivity contribution < 1.29 is 14.7 Å². The van der Waals surface area contributed by atoms with Gasteiger partial charge in [0, 0.05) is 6.42 Å². The molecule has 0 fully saturated rings. The van der Waals surface area contributed by atoms with Gasteiger partial charge in [-0.05, 0) is 6.42 Å². The van der Waals surface area contributed by atoms with Gasteiger partial charge in [0.05, 0.1) is 0 Å². The Morgan fingerprint density at radius 2 is 1.04 bits per heavy atom. The van der Waals surface area contributed by atoms with E-state index in [1.54, 1.807) is 0 Å². The first kappa shape index (κ1) is 27.2. The summed E-state index contributed by atoms with van der Waals surface area (Å²) in [5.41, 5.74) is 0. The average Bonchev–Trinajstić information content (AvgIpc) is 2.56. The predicted molar refractivity (Wildman–Crippen MR) is 107 cm³/mol. The maximum atomic E-state index is 11.3. The number of carbonyl (C=O) groups excluding carboxylic acids is 1. The molecule has 4 nitrogen and oxygen atoms in total. The van der Waals surface area contributed by atoms with Crippen molar-refractivity contribution in [3.63, 3.8) is 0 Å². The summed E-state index contributed by atoms with van der Waals surface area (Å²) in [6.07, 6.45) is 20.0. The molecule has 0 unspecified atom stereocenters. The van der Waals surface area contributed by atoms with Crippen molar-refractivity contribution in [3.8, 4) is 0 Å². The summed E-state index contributed by atoms with van der Waals surface area (Å²) in [6, 6.07) is 0. The molecule has 0 rings (SSSR count). The molecule has 0 saturated carbocycles. The third kappa shape index (κ3) is 23.9. The second kappa shape index (κ2) is 22.0. The number of hydrogen-bond donors (Lipinski definition) is 2. The van der Waals surface area contributed by atoms with Crippen LogP contribution in [0.15, 0.2) is 0 Å². The van der Waals surface area contributed by atoms with Gasteiger partial charge in [-0.2, -0.15) is 0 Å². The summed E-state index contributed by atoms with van der Waals surface area (Å²) < 4.78 is 0. The van der Waals surface area contributed by atoms with E-state index in [1.807, 2.05) is 0 Å². The fraction of sp³-hybridized carbons (Fsp3) is 0.900. The quantitative estimate of drug-likeness (QED) is 0.271. The Balaban J connectivity index is 0. The van der Waals surface area contributed by atoms with Crippen molar-refractivity contribution in [1.82, 2.24) is 5.32 Å². The molecule has 0 heterocycles. The molecule has 2 N–H and O–H groups in total. The van der Waals surface area contributed by atoms with Crippen LogP contribution >= 0.6 is 0 Å². The van der Waals surface area contributed by atoms with Gasteiger partial charge >= 0.3 is 35.5 Å². The van der Waals surface area contributed by atoms with Crippen molar-refractivity contribution in [2.45, 2.75) is 110 Å². The second-order valence-corrected chi connectivity index (χ2v) is 6.87. The molecule has 1 amide bonds. The zero-order chi connectivity index (χ0) is 17.9. The van der Waals surface area contributed by atoms with Crippen LogP contribution in [0.4, 0.5) is 0 Å². The van der Waals surface area contributed by atoms with Crippen molar-refractivity contribution in [1.29, 1.82) is 0 Å². The van der Waals surface area contributed by atoms with Crippen LogP contribution in [-0.2, 0) is 9.59 Å². The predicted octanol–water partition coefficient (Wildman–Crippen LogP) is 4.80. The van der Waals surface area contributed by atoms with Crippen LogP contribution in [-0.4, -0.2) is 53.1 Å². The molecule has 0 aromatic carbocycles. The molecular weight excluding hydrogens is 325 g/mol. The van der Waals surface area contributed by atoms with Gasteiger partial charge in [0.2, 0.25) is 5.91 Å². The van der Waals surface area contributed by atoms with Gasteiger partial charge in [0.1, 0.15) is 6.54 Å². The molecule has 0 atom stereocenters. The van der Waals surface area contributed by atoms with Crippen LogP contribution in [0.1, 0.15) is 110 Å². The van der Waals surface area contributed by atoms with E-state index in [9.17, 15) is 9.59 Å². The molecule has 0 aromatic rings. The number of unbranched alkanes of at least 4 members (excludes halogenated alkanes) is 14. The monoisotopic (exact) mass is 365 g/mol. The number of nitrogens with one attached hydrogen (secondary N) is 1. The van der Waals surface area contributed by atoms with E-state index >= 15 is 0 Å². The molecule has 0 bridgehead atoms. The molecule has 0 aromatic heterocycles. The third-order valence-electron chi connectivity index (χ3n) is 4.44. The maximum absolute atomic E-state index is 11.3. The van der Waals surface area contributed by atoms with E-state index in [2.05, 4.69) is 12.2 Å². The first-order valence-electron chi connectivity index (χ1n) is 10.1. The summed E-state index contributed by atoms with van der Waals surface area (Å²) in [5.74, 6) is -1.13. The fourth-order valence-electron chi connectivity index (χ4n) is 2.92. The molecular formula is C20H40NNaO3. The van der Waals surface area contributed by atoms with E-state index in [-0.39, 0.29) is 42.0 Å². The van der Waals surface area contributed by atoms with Gasteiger partial charge < -0.3 is 10.4 Å². The van der Waals surface area contributed by atoms with E-state index in [0.717, 1.165) is 12.8 Å². The van der Waals surface area contributed by atoms with Crippen LogP contribution in [0.5, 0.6) is 0 Å². The van der Waals surface area contributed by atoms with Gasteiger partial charge in [-0.25, -0.2) is 0 Å². The van der Waals surface area contributed by atoms with Crippen LogP contribution < -0.4 is 5.32 Å². The Morgan fingerprint density at radius 1 is 0.680 bits per heavy atom. The van der Waals surface area contributed by atoms with Gasteiger partial charge in [-0.15, -0.1) is 0 Å². The van der Waals surface area contributed by atoms with Gasteiger partial charge in [-0.3, -0.25) is 9.59 Å². The van der Waals surface area contributed by atoms with Crippen LogP contribution in [0.2, 0.25) is 0 Å². The second-order valence-electron chi connectivity index (χ2n) is 6.87. The Morgan fingerprint density at radius 3 is 1.40 bits per heavy atom. The van der Waals surface area contributed by atoms with Crippen molar-refractivity contribution in [3.05, 3.63) is 0 Å². The number of hydrogen-bond acceptors (Lipinski definition) is 2. The Bertz CT molecular complexity index is 311. The molecule has 0 aliphatic heterocycles. The minimum atomic E-state index is -0.986. The Hall–Kier alpha value is -0.0600. The standard InChI is InChI=1S/C20H39NO3.Na.H/c1-2-3-4-5-6-7-8-9-10-11-12-13-14-15-16-17-19(22)21-18-20(23)24;;/h2-18H2,1H3,(H,21,22)(H,23,24);;. The summed E-state index contributed by atoms with van der Waals surface area (Å²) in [6.45, 7) is 2.00. The number of carbonyl (C=O) groups is 2. The number of carboxylic acid groups (broad SMARTS) is 1. The zero-order valence-electron chi connectivity index (χ0n) is 15.8.